The Hall–Kier alpha value is -1.48. The summed E-state index contributed by atoms with van der Waals surface area (Å²) in [4.78, 5) is 4.74. The van der Waals surface area contributed by atoms with Gasteiger partial charge in [-0.05, 0) is 31.5 Å². The van der Waals surface area contributed by atoms with Gasteiger partial charge < -0.3 is 5.11 Å². The first-order valence-electron chi connectivity index (χ1n) is 4.40. The molecular formula is C11H15NO2. The Balaban J connectivity index is 3.00. The number of benzene rings is 1. The maximum absolute atomic E-state index is 9.44. The molecule has 0 saturated carbocycles. The van der Waals surface area contributed by atoms with Gasteiger partial charge in [-0.3, -0.25) is 10.3 Å². The molecular weight excluding hydrogens is 178 g/mol. The van der Waals surface area contributed by atoms with Crippen molar-refractivity contribution in [3.63, 3.8) is 0 Å². The van der Waals surface area contributed by atoms with Crippen LogP contribution in [0.5, 0.6) is 5.75 Å². The minimum atomic E-state index is 0.178. The molecule has 14 heavy (non-hydrogen) atoms. The van der Waals surface area contributed by atoms with E-state index in [1.165, 1.54) is 12.7 Å². The van der Waals surface area contributed by atoms with Crippen LogP contribution >= 0.6 is 0 Å². The van der Waals surface area contributed by atoms with Gasteiger partial charge in [0.15, 0.2) is 0 Å². The van der Waals surface area contributed by atoms with E-state index >= 15 is 0 Å². The number of aromatic hydroxyl groups is 1. The molecule has 1 aromatic carbocycles. The summed E-state index contributed by atoms with van der Waals surface area (Å²) in [5.74, 6) is 0.178. The number of rotatable bonds is 3. The fourth-order valence-corrected chi connectivity index (χ4v) is 1.17. The Morgan fingerprint density at radius 2 is 2.14 bits per heavy atom. The molecule has 0 heterocycles. The van der Waals surface area contributed by atoms with Crippen LogP contribution in [0.3, 0.4) is 0 Å². The van der Waals surface area contributed by atoms with E-state index in [1.54, 1.807) is 6.07 Å². The van der Waals surface area contributed by atoms with Crippen molar-refractivity contribution in [3.8, 4) is 5.75 Å². The van der Waals surface area contributed by atoms with Gasteiger partial charge in [0.05, 0.1) is 7.11 Å². The van der Waals surface area contributed by atoms with Gasteiger partial charge in [-0.15, -0.1) is 0 Å². The predicted molar refractivity (Wildman–Crippen MR) is 58.1 cm³/mol. The molecule has 0 atom stereocenters. The van der Waals surface area contributed by atoms with Crippen molar-refractivity contribution < 1.29 is 9.94 Å². The zero-order valence-electron chi connectivity index (χ0n) is 8.66. The Bertz CT molecular complexity index is 341. The highest BCUT2D eigenvalue weighted by molar-refractivity contribution is 5.63. The number of anilines is 1. The van der Waals surface area contributed by atoms with Crippen LogP contribution in [-0.2, 0) is 4.84 Å². The summed E-state index contributed by atoms with van der Waals surface area (Å²) < 4.78 is 0. The van der Waals surface area contributed by atoms with Crippen molar-refractivity contribution in [1.29, 1.82) is 0 Å². The monoisotopic (exact) mass is 193 g/mol. The van der Waals surface area contributed by atoms with E-state index < -0.39 is 0 Å². The Labute approximate surface area is 84.0 Å². The normalized spacial score (nSPS) is 9.64. The first kappa shape index (κ1) is 10.6. The summed E-state index contributed by atoms with van der Waals surface area (Å²) in [7, 11) is 1.51. The molecule has 0 aliphatic carbocycles. The summed E-state index contributed by atoms with van der Waals surface area (Å²) in [6, 6.07) is 5.31. The molecule has 3 nitrogen and oxygen atoms in total. The quantitative estimate of drug-likeness (QED) is 0.573. The third kappa shape index (κ3) is 2.78. The standard InChI is InChI=1S/C11H15NO2/c1-8(2)6-9-4-5-11(13)10(7-9)12-14-3/h4-7,12-13H,1-3H3. The van der Waals surface area contributed by atoms with Gasteiger partial charge in [-0.1, -0.05) is 17.7 Å². The van der Waals surface area contributed by atoms with Crippen LogP contribution in [0, 0.1) is 0 Å². The van der Waals surface area contributed by atoms with Crippen molar-refractivity contribution in [2.75, 3.05) is 12.6 Å². The summed E-state index contributed by atoms with van der Waals surface area (Å²) in [5, 5.41) is 9.44. The molecule has 0 aliphatic heterocycles. The third-order valence-corrected chi connectivity index (χ3v) is 1.69. The second kappa shape index (κ2) is 4.67. The number of hydrogen-bond acceptors (Lipinski definition) is 3. The second-order valence-electron chi connectivity index (χ2n) is 3.30. The molecule has 0 amide bonds. The summed E-state index contributed by atoms with van der Waals surface area (Å²) in [6.45, 7) is 4.05. The molecule has 1 rings (SSSR count). The van der Waals surface area contributed by atoms with Crippen LogP contribution in [0.2, 0.25) is 0 Å². The molecule has 0 fully saturated rings. The van der Waals surface area contributed by atoms with Gasteiger partial charge in [0.1, 0.15) is 11.4 Å². The lowest BCUT2D eigenvalue weighted by Gasteiger charge is -2.06. The van der Waals surface area contributed by atoms with Gasteiger partial charge in [-0.2, -0.15) is 0 Å². The number of nitrogens with one attached hydrogen (secondary N) is 1. The average Bonchev–Trinajstić information content (AvgIpc) is 2.10. The van der Waals surface area contributed by atoms with Crippen LogP contribution in [0.15, 0.2) is 23.8 Å². The van der Waals surface area contributed by atoms with Crippen molar-refractivity contribution in [3.05, 3.63) is 29.3 Å². The lowest BCUT2D eigenvalue weighted by molar-refractivity contribution is 0.268. The van der Waals surface area contributed by atoms with Crippen LogP contribution in [0.4, 0.5) is 5.69 Å². The highest BCUT2D eigenvalue weighted by atomic mass is 16.6. The molecule has 0 bridgehead atoms. The molecule has 1 aromatic rings. The maximum Gasteiger partial charge on any atom is 0.141 e. The highest BCUT2D eigenvalue weighted by Gasteiger charge is 2.00. The summed E-state index contributed by atoms with van der Waals surface area (Å²) >= 11 is 0. The van der Waals surface area contributed by atoms with Crippen LogP contribution < -0.4 is 5.48 Å². The minimum absolute atomic E-state index is 0.178. The van der Waals surface area contributed by atoms with Crippen molar-refractivity contribution in [2.24, 2.45) is 0 Å². The van der Waals surface area contributed by atoms with E-state index in [0.29, 0.717) is 5.69 Å². The molecule has 0 unspecified atom stereocenters. The zero-order chi connectivity index (χ0) is 10.6. The zero-order valence-corrected chi connectivity index (χ0v) is 8.66. The average molecular weight is 193 g/mol. The molecule has 76 valence electrons. The molecule has 0 spiro atoms. The van der Waals surface area contributed by atoms with E-state index in [1.807, 2.05) is 32.1 Å². The highest BCUT2D eigenvalue weighted by Crippen LogP contribution is 2.25. The number of phenolic OH excluding ortho intramolecular Hbond substituents is 1. The van der Waals surface area contributed by atoms with Crippen LogP contribution in [-0.4, -0.2) is 12.2 Å². The number of hydrogen-bond donors (Lipinski definition) is 2. The van der Waals surface area contributed by atoms with E-state index in [2.05, 4.69) is 5.48 Å². The van der Waals surface area contributed by atoms with Gasteiger partial charge >= 0.3 is 0 Å². The predicted octanol–water partition coefficient (Wildman–Crippen LogP) is 2.79. The Kier molecular flexibility index (Phi) is 3.54. The molecule has 0 saturated heterocycles. The van der Waals surface area contributed by atoms with Gasteiger partial charge in [0.25, 0.3) is 0 Å². The second-order valence-corrected chi connectivity index (χ2v) is 3.30. The fourth-order valence-electron chi connectivity index (χ4n) is 1.17. The molecule has 3 heteroatoms. The SMILES string of the molecule is CONc1cc(C=C(C)C)ccc1O. The largest absolute Gasteiger partial charge is 0.506 e. The Morgan fingerprint density at radius 1 is 1.43 bits per heavy atom. The summed E-state index contributed by atoms with van der Waals surface area (Å²) in [5.41, 5.74) is 5.42. The first-order valence-corrected chi connectivity index (χ1v) is 4.40. The van der Waals surface area contributed by atoms with Gasteiger partial charge in [0, 0.05) is 0 Å². The molecule has 0 radical (unpaired) electrons. The van der Waals surface area contributed by atoms with Crippen molar-refractivity contribution in [2.45, 2.75) is 13.8 Å². The van der Waals surface area contributed by atoms with E-state index in [0.717, 1.165) is 5.56 Å². The number of allylic oxidation sites excluding steroid dienone is 1. The van der Waals surface area contributed by atoms with Gasteiger partial charge in [-0.25, -0.2) is 0 Å². The minimum Gasteiger partial charge on any atom is -0.506 e. The molecule has 2 N–H and O–H groups in total. The topological polar surface area (TPSA) is 41.5 Å². The van der Waals surface area contributed by atoms with Crippen LogP contribution in [0.25, 0.3) is 6.08 Å². The molecule has 0 aliphatic rings. The van der Waals surface area contributed by atoms with Gasteiger partial charge in [0.2, 0.25) is 0 Å². The van der Waals surface area contributed by atoms with E-state index in [-0.39, 0.29) is 5.75 Å². The van der Waals surface area contributed by atoms with Crippen molar-refractivity contribution in [1.82, 2.24) is 0 Å². The van der Waals surface area contributed by atoms with E-state index in [9.17, 15) is 5.11 Å². The lowest BCUT2D eigenvalue weighted by Crippen LogP contribution is -1.95. The maximum atomic E-state index is 9.44. The Morgan fingerprint density at radius 3 is 2.71 bits per heavy atom. The lowest BCUT2D eigenvalue weighted by atomic mass is 10.1. The molecule has 0 aromatic heterocycles. The van der Waals surface area contributed by atoms with Crippen molar-refractivity contribution >= 4 is 11.8 Å². The van der Waals surface area contributed by atoms with Crippen LogP contribution in [0.1, 0.15) is 19.4 Å². The first-order chi connectivity index (χ1) is 6.63. The third-order valence-electron chi connectivity index (χ3n) is 1.69. The summed E-state index contributed by atoms with van der Waals surface area (Å²) in [6.07, 6.45) is 2.03. The van der Waals surface area contributed by atoms with E-state index in [4.69, 9.17) is 4.84 Å². The smallest absolute Gasteiger partial charge is 0.141 e. The fraction of sp³-hybridized carbons (Fsp3) is 0.273. The number of phenols is 1.